The van der Waals surface area contributed by atoms with E-state index in [0.29, 0.717) is 11.1 Å². The van der Waals surface area contributed by atoms with Crippen LogP contribution in [0.5, 0.6) is 0 Å². The van der Waals surface area contributed by atoms with Crippen molar-refractivity contribution < 1.29 is 181 Å². The molecular weight excluding hydrogens is 1760 g/mol. The summed E-state index contributed by atoms with van der Waals surface area (Å²) < 4.78 is 147. The molecule has 40 nitrogen and oxygen atoms in total. The van der Waals surface area contributed by atoms with Gasteiger partial charge in [-0.2, -0.15) is 0 Å². The second-order valence-electron chi connectivity index (χ2n) is 29.9. The van der Waals surface area contributed by atoms with Crippen LogP contribution in [0.4, 0.5) is 4.79 Å². The third kappa shape index (κ3) is 29.8. The van der Waals surface area contributed by atoms with Crippen LogP contribution in [-0.4, -0.2) is 270 Å². The minimum Gasteiger partial charge on any atom is -0.463 e. The normalized spacial score (nSPS) is 25.3. The monoisotopic (exact) mass is 1860 g/mol. The largest absolute Gasteiger partial charge is 0.463 e. The number of hydrogen-bond donors (Lipinski definition) is 2. The first-order valence-electron chi connectivity index (χ1n) is 41.4. The van der Waals surface area contributed by atoms with Crippen LogP contribution < -0.4 is 10.6 Å². The number of amides is 2. The summed E-state index contributed by atoms with van der Waals surface area (Å²) in [5.74, 6) is -16.7. The second kappa shape index (κ2) is 49.9. The molecule has 6 aromatic carbocycles. The average molecular weight is 1860 g/mol. The van der Waals surface area contributed by atoms with Crippen LogP contribution >= 0.6 is 11.6 Å². The maximum absolute atomic E-state index is 15.4. The summed E-state index contributed by atoms with van der Waals surface area (Å²) in [6, 6.07) is 43.7. The predicted octanol–water partition coefficient (Wildman–Crippen LogP) is 6.11. The molecule has 4 saturated heterocycles. The van der Waals surface area contributed by atoms with E-state index >= 15 is 9.59 Å². The maximum Gasteiger partial charge on any atom is 0.407 e. The Kier molecular flexibility index (Phi) is 38.3. The molecule has 4 aliphatic heterocycles. The van der Waals surface area contributed by atoms with Crippen molar-refractivity contribution in [2.75, 3.05) is 45.5 Å². The first kappa shape index (κ1) is 101. The number of benzene rings is 6. The van der Waals surface area contributed by atoms with Crippen LogP contribution in [0.2, 0.25) is 0 Å². The van der Waals surface area contributed by atoms with E-state index in [1.54, 1.807) is 84.9 Å². The van der Waals surface area contributed by atoms with Gasteiger partial charge in [0.2, 0.25) is 5.91 Å². The van der Waals surface area contributed by atoms with E-state index in [0.717, 1.165) is 62.3 Å². The van der Waals surface area contributed by atoms with Gasteiger partial charge in [-0.3, -0.25) is 47.9 Å². The number of halogens is 1. The lowest BCUT2D eigenvalue weighted by Crippen LogP contribution is -2.72. The van der Waals surface area contributed by atoms with Gasteiger partial charge in [0.15, 0.2) is 86.2 Å². The van der Waals surface area contributed by atoms with E-state index in [-0.39, 0.29) is 28.9 Å². The van der Waals surface area contributed by atoms with Gasteiger partial charge in [0.25, 0.3) is 0 Å². The quantitative estimate of drug-likeness (QED) is 0.0190. The van der Waals surface area contributed by atoms with Gasteiger partial charge in [-0.25, -0.2) is 24.0 Å². The number of esters is 13. The van der Waals surface area contributed by atoms with Crippen LogP contribution in [0.15, 0.2) is 182 Å². The Morgan fingerprint density at radius 2 is 0.727 bits per heavy atom. The fourth-order valence-corrected chi connectivity index (χ4v) is 14.4. The highest BCUT2D eigenvalue weighted by Crippen LogP contribution is 2.43. The molecule has 0 aliphatic carbocycles. The summed E-state index contributed by atoms with van der Waals surface area (Å²) in [5.41, 5.74) is 0.401. The second-order valence-corrected chi connectivity index (χ2v) is 30.1. The molecule has 10 rings (SSSR count). The minimum atomic E-state index is -2.65. The maximum atomic E-state index is 15.4. The van der Waals surface area contributed by atoms with E-state index < -0.39 is 277 Å². The summed E-state index contributed by atoms with van der Waals surface area (Å²) in [5, 5.41) is 5.14. The van der Waals surface area contributed by atoms with E-state index in [1.165, 1.54) is 97.1 Å². The van der Waals surface area contributed by atoms with Crippen molar-refractivity contribution in [2.24, 2.45) is 0 Å². The summed E-state index contributed by atoms with van der Waals surface area (Å²) in [6.07, 6.45) is -47.9. The van der Waals surface area contributed by atoms with Crippen molar-refractivity contribution in [1.82, 2.24) is 10.6 Å². The molecule has 0 unspecified atom stereocenters. The molecule has 22 atom stereocenters. The van der Waals surface area contributed by atoms with Gasteiger partial charge in [-0.15, -0.1) is 11.6 Å². The number of rotatable bonds is 40. The van der Waals surface area contributed by atoms with E-state index in [2.05, 4.69) is 10.6 Å². The van der Waals surface area contributed by atoms with Crippen molar-refractivity contribution >= 4 is 101 Å². The van der Waals surface area contributed by atoms with Crippen molar-refractivity contribution in [3.8, 4) is 0 Å². The lowest BCUT2D eigenvalue weighted by molar-refractivity contribution is -0.405. The first-order valence-corrected chi connectivity index (χ1v) is 41.9. The van der Waals surface area contributed by atoms with Crippen LogP contribution in [-0.2, 0) is 170 Å². The molecule has 4 fully saturated rings. The molecule has 2 amide bonds. The molecule has 4 heterocycles. The minimum absolute atomic E-state index is 0.0402. The highest BCUT2D eigenvalue weighted by atomic mass is 35.5. The van der Waals surface area contributed by atoms with Crippen molar-refractivity contribution in [3.05, 3.63) is 215 Å². The SMILES string of the molecule is CC(=O)N[C@H]1[C@@H](O[C@@H]2[C@@H](O[C@H]3[C@H](O[C@@H]4O[C@H](COC(=O)c5ccccc5)[C@@H](OC(=O)c5ccccc5)[C@H](OC(=O)c5ccccc5)[C@H]4OC(=O)c4ccccc4)[C@@H]([C@H](COC(C)=O)OC(C)=O)O[C@H](OCCNC(=O)OCc4ccccc4)[C@H]3OCc3ccccc3)O[C@H]([C@H](COC(C)=O)OC(=O)CCl)[C@@H](OC(C)=O)[C@@H]2OC(C)=O)O[C@H](COC(C)=O)[C@@H](OC(C)=O)[C@@H]1OC(C)=O. The Morgan fingerprint density at radius 1 is 0.333 bits per heavy atom. The number of carbonyl (C=O) groups is 15. The third-order valence-corrected chi connectivity index (χ3v) is 20.1. The Morgan fingerprint density at radius 3 is 1.22 bits per heavy atom. The predicted molar refractivity (Wildman–Crippen MR) is 444 cm³/mol. The topological polar surface area (TPSA) is 492 Å². The molecule has 708 valence electrons. The molecule has 0 spiro atoms. The molecule has 2 N–H and O–H groups in total. The van der Waals surface area contributed by atoms with Gasteiger partial charge in [0, 0.05) is 68.9 Å². The fourth-order valence-electron chi connectivity index (χ4n) is 14.4. The Balaban J connectivity index is 1.29. The van der Waals surface area contributed by atoms with Crippen LogP contribution in [0.3, 0.4) is 0 Å². The Bertz CT molecular complexity index is 4890. The van der Waals surface area contributed by atoms with Gasteiger partial charge in [0.05, 0.1) is 35.5 Å². The van der Waals surface area contributed by atoms with Gasteiger partial charge < -0.3 is 120 Å². The molecule has 0 aromatic heterocycles. The van der Waals surface area contributed by atoms with Gasteiger partial charge >= 0.3 is 83.7 Å². The zero-order chi connectivity index (χ0) is 95.1. The van der Waals surface area contributed by atoms with Crippen molar-refractivity contribution in [3.63, 3.8) is 0 Å². The summed E-state index contributed by atoms with van der Waals surface area (Å²) in [7, 11) is 0. The summed E-state index contributed by atoms with van der Waals surface area (Å²) in [4.78, 5) is 210. The standard InChI is InChI=1S/C91H99ClN2O38/c1-49(95)94-69-74(119-55(7)101)70(118-54(6)100)66(47-113-52(4)98)123-87(69)132-82-79(121-57(9)103)75(120-56(8)102)73(65(46-112-51(3)97)122-68(104)42-92)129-90(82)131-78-76(72(64(117-53(5)99)45-111-50(2)96)128-88(80(78)114-43-58-28-16-10-17-29-58)110-41-40-93-91(109)116-44-59-30-18-11-19-31-59)130-89-81(127-86(108)63-38-26-15-27-39-63)77(126-85(107)62-36-24-14-25-37-62)71(125-84(106)61-34-22-13-23-35-61)67(124-89)48-115-83(105)60-32-20-12-21-33-60/h10-39,64-67,69-82,87-90H,40-48H2,1-9H3,(H,93,109)(H,94,95)/t64-,65-,66+,67+,69+,70+,71+,72+,73+,74+,75+,76+,77-,78-,79-,80-,81+,82-,87+,88-,89-,90+/m0/s1. The number of hydrogen-bond acceptors (Lipinski definition) is 38. The smallest absolute Gasteiger partial charge is 0.407 e. The van der Waals surface area contributed by atoms with Gasteiger partial charge in [-0.1, -0.05) is 133 Å². The lowest BCUT2D eigenvalue weighted by Gasteiger charge is -2.53. The Hall–Kier alpha value is -12.9. The van der Waals surface area contributed by atoms with E-state index in [4.69, 9.17) is 121 Å². The molecule has 6 aromatic rings. The molecule has 0 saturated carbocycles. The van der Waals surface area contributed by atoms with Crippen LogP contribution in [0.1, 0.15) is 115 Å². The zero-order valence-electron chi connectivity index (χ0n) is 72.8. The zero-order valence-corrected chi connectivity index (χ0v) is 73.5. The molecule has 4 aliphatic rings. The number of alkyl halides is 1. The summed E-state index contributed by atoms with van der Waals surface area (Å²) in [6.45, 7) is 2.57. The van der Waals surface area contributed by atoms with Crippen molar-refractivity contribution in [2.45, 2.75) is 210 Å². The molecule has 132 heavy (non-hydrogen) atoms. The van der Waals surface area contributed by atoms with Crippen molar-refractivity contribution in [1.29, 1.82) is 0 Å². The number of nitrogens with one attached hydrogen (secondary N) is 2. The molecule has 0 bridgehead atoms. The molecule has 0 radical (unpaired) electrons. The highest BCUT2D eigenvalue weighted by Gasteiger charge is 2.64. The van der Waals surface area contributed by atoms with Gasteiger partial charge in [-0.05, 0) is 59.7 Å². The van der Waals surface area contributed by atoms with Crippen LogP contribution in [0, 0.1) is 0 Å². The van der Waals surface area contributed by atoms with E-state index in [9.17, 15) is 62.3 Å². The fraction of sp³-hybridized carbons (Fsp3) is 0.440. The lowest BCUT2D eigenvalue weighted by atomic mass is 9.91. The third-order valence-electron chi connectivity index (χ3n) is 19.8. The summed E-state index contributed by atoms with van der Waals surface area (Å²) >= 11 is 6.15. The molecular formula is C91H99ClN2O38. The first-order chi connectivity index (χ1) is 63.3. The number of ether oxygens (including phenoxy) is 23. The van der Waals surface area contributed by atoms with Crippen LogP contribution in [0.25, 0.3) is 0 Å². The molecule has 41 heteroatoms. The van der Waals surface area contributed by atoms with E-state index in [1.807, 2.05) is 0 Å². The number of alkyl carbamates (subject to hydrolysis) is 1. The van der Waals surface area contributed by atoms with Gasteiger partial charge in [0.1, 0.15) is 87.7 Å². The number of carbonyl (C=O) groups excluding carboxylic acids is 15. The highest BCUT2D eigenvalue weighted by molar-refractivity contribution is 6.26. The average Bonchev–Trinajstić information content (AvgIpc) is 0.743. The Labute approximate surface area is 760 Å².